The number of hydrogen-bond donors (Lipinski definition) is 0. The molecular formula is C23H19ClN2O5. The van der Waals surface area contributed by atoms with Crippen LogP contribution < -0.4 is 14.4 Å². The van der Waals surface area contributed by atoms with E-state index in [1.165, 1.54) is 17.0 Å². The molecule has 0 aliphatic carbocycles. The normalized spacial score (nSPS) is 17.8. The summed E-state index contributed by atoms with van der Waals surface area (Å²) in [5, 5.41) is 11.8. The fourth-order valence-electron chi connectivity index (χ4n) is 3.72. The predicted molar refractivity (Wildman–Crippen MR) is 117 cm³/mol. The van der Waals surface area contributed by atoms with Crippen LogP contribution in [0, 0.1) is 17.0 Å². The molecule has 1 amide bonds. The Morgan fingerprint density at radius 2 is 1.81 bits per heavy atom. The van der Waals surface area contributed by atoms with Gasteiger partial charge in [-0.2, -0.15) is 0 Å². The molecule has 0 radical (unpaired) electrons. The number of rotatable bonds is 6. The standard InChI is InChI=1S/C23H19ClN2O5/c1-14-12-15(24)10-11-19(14)31-22-21(18-8-3-4-9-20(18)30-2)25(23(22)27)16-6-5-7-17(13-16)26(28)29/h3-13,21-22H,1-2H3/t21-,22-/m0/s1. The molecule has 0 spiro atoms. The molecule has 1 aliphatic heterocycles. The van der Waals surface area contributed by atoms with Crippen molar-refractivity contribution in [2.45, 2.75) is 19.1 Å². The molecular weight excluding hydrogens is 420 g/mol. The van der Waals surface area contributed by atoms with E-state index < -0.39 is 17.1 Å². The topological polar surface area (TPSA) is 81.9 Å². The van der Waals surface area contributed by atoms with Crippen molar-refractivity contribution < 1.29 is 19.2 Å². The molecule has 1 heterocycles. The number of nitro benzene ring substituents is 1. The highest BCUT2D eigenvalue weighted by Gasteiger charge is 2.52. The Balaban J connectivity index is 1.76. The van der Waals surface area contributed by atoms with Crippen LogP contribution in [0.2, 0.25) is 5.02 Å². The SMILES string of the molecule is COc1ccccc1[C@H]1[C@H](Oc2ccc(Cl)cc2C)C(=O)N1c1cccc([N+](=O)[O-])c1. The summed E-state index contributed by atoms with van der Waals surface area (Å²) in [5.41, 5.74) is 1.87. The van der Waals surface area contributed by atoms with Crippen LogP contribution in [0.4, 0.5) is 11.4 Å². The first kappa shape index (κ1) is 20.7. The summed E-state index contributed by atoms with van der Waals surface area (Å²) in [6.45, 7) is 1.85. The third-order valence-electron chi connectivity index (χ3n) is 5.21. The number of nitro groups is 1. The lowest BCUT2D eigenvalue weighted by atomic mass is 9.89. The van der Waals surface area contributed by atoms with E-state index in [1.54, 1.807) is 43.5 Å². The summed E-state index contributed by atoms with van der Waals surface area (Å²) in [6, 6.07) is 18.0. The second-order valence-corrected chi connectivity index (χ2v) is 7.56. The lowest BCUT2D eigenvalue weighted by molar-refractivity contribution is -0.384. The van der Waals surface area contributed by atoms with Gasteiger partial charge in [0.05, 0.1) is 17.7 Å². The molecule has 2 atom stereocenters. The summed E-state index contributed by atoms with van der Waals surface area (Å²) >= 11 is 6.04. The first-order valence-corrected chi connectivity index (χ1v) is 9.91. The largest absolute Gasteiger partial charge is 0.496 e. The van der Waals surface area contributed by atoms with Crippen molar-refractivity contribution in [3.05, 3.63) is 93.0 Å². The molecule has 0 saturated carbocycles. The molecule has 1 saturated heterocycles. The van der Waals surface area contributed by atoms with Gasteiger partial charge in [-0.1, -0.05) is 35.9 Å². The minimum absolute atomic E-state index is 0.0954. The van der Waals surface area contributed by atoms with Crippen molar-refractivity contribution in [2.75, 3.05) is 12.0 Å². The van der Waals surface area contributed by atoms with E-state index in [9.17, 15) is 14.9 Å². The van der Waals surface area contributed by atoms with Crippen LogP contribution in [0.15, 0.2) is 66.7 Å². The summed E-state index contributed by atoms with van der Waals surface area (Å²) in [7, 11) is 1.55. The number of aryl methyl sites for hydroxylation is 1. The Kier molecular flexibility index (Phi) is 5.52. The number of hydrogen-bond acceptors (Lipinski definition) is 5. The summed E-state index contributed by atoms with van der Waals surface area (Å²) < 4.78 is 11.6. The van der Waals surface area contributed by atoms with Crippen molar-refractivity contribution in [2.24, 2.45) is 0 Å². The van der Waals surface area contributed by atoms with Crippen molar-refractivity contribution in [3.8, 4) is 11.5 Å². The van der Waals surface area contributed by atoms with Crippen LogP contribution in [0.1, 0.15) is 17.2 Å². The monoisotopic (exact) mass is 438 g/mol. The molecule has 0 bridgehead atoms. The van der Waals surface area contributed by atoms with Gasteiger partial charge >= 0.3 is 0 Å². The van der Waals surface area contributed by atoms with Gasteiger partial charge < -0.3 is 9.47 Å². The number of ether oxygens (including phenoxy) is 2. The highest BCUT2D eigenvalue weighted by atomic mass is 35.5. The molecule has 0 aromatic heterocycles. The van der Waals surface area contributed by atoms with Crippen LogP contribution in [-0.2, 0) is 4.79 Å². The zero-order valence-corrected chi connectivity index (χ0v) is 17.6. The molecule has 0 unspecified atom stereocenters. The van der Waals surface area contributed by atoms with Crippen molar-refractivity contribution >= 4 is 28.9 Å². The number of methoxy groups -OCH3 is 1. The highest BCUT2D eigenvalue weighted by molar-refractivity contribution is 6.30. The van der Waals surface area contributed by atoms with Crippen molar-refractivity contribution in [1.82, 2.24) is 0 Å². The van der Waals surface area contributed by atoms with Crippen LogP contribution >= 0.6 is 11.6 Å². The van der Waals surface area contributed by atoms with Crippen LogP contribution in [-0.4, -0.2) is 24.0 Å². The third kappa shape index (κ3) is 3.80. The van der Waals surface area contributed by atoms with Gasteiger partial charge in [-0.3, -0.25) is 19.8 Å². The zero-order chi connectivity index (χ0) is 22.1. The lowest BCUT2D eigenvalue weighted by Gasteiger charge is -2.47. The minimum Gasteiger partial charge on any atom is -0.496 e. The predicted octanol–water partition coefficient (Wildman–Crippen LogP) is 5.10. The first-order chi connectivity index (χ1) is 14.9. The van der Waals surface area contributed by atoms with Gasteiger partial charge in [-0.15, -0.1) is 0 Å². The molecule has 0 N–H and O–H groups in total. The average molecular weight is 439 g/mol. The quantitative estimate of drug-likeness (QED) is 0.304. The molecule has 158 valence electrons. The number of para-hydroxylation sites is 1. The number of β-lactam (4-membered cyclic amide) rings is 1. The number of carbonyl (C=O) groups is 1. The van der Waals surface area contributed by atoms with E-state index in [4.69, 9.17) is 21.1 Å². The molecule has 1 fully saturated rings. The Bertz CT molecular complexity index is 1170. The Hall–Kier alpha value is -3.58. The van der Waals surface area contributed by atoms with Crippen LogP contribution in [0.3, 0.4) is 0 Å². The van der Waals surface area contributed by atoms with E-state index in [-0.39, 0.29) is 11.6 Å². The van der Waals surface area contributed by atoms with E-state index in [0.29, 0.717) is 22.2 Å². The average Bonchev–Trinajstić information content (AvgIpc) is 2.76. The van der Waals surface area contributed by atoms with E-state index in [0.717, 1.165) is 11.1 Å². The lowest BCUT2D eigenvalue weighted by Crippen LogP contribution is -2.61. The molecule has 3 aromatic rings. The fraction of sp³-hybridized carbons (Fsp3) is 0.174. The number of nitrogens with zero attached hydrogens (tertiary/aromatic N) is 2. The summed E-state index contributed by atoms with van der Waals surface area (Å²) in [5.74, 6) is 0.837. The minimum atomic E-state index is -0.824. The molecule has 8 heteroatoms. The smallest absolute Gasteiger partial charge is 0.271 e. The van der Waals surface area contributed by atoms with Gasteiger partial charge in [0, 0.05) is 22.7 Å². The van der Waals surface area contributed by atoms with Gasteiger partial charge in [0.15, 0.2) is 0 Å². The maximum Gasteiger partial charge on any atom is 0.271 e. The van der Waals surface area contributed by atoms with Crippen molar-refractivity contribution in [1.29, 1.82) is 0 Å². The molecule has 1 aliphatic rings. The summed E-state index contributed by atoms with van der Waals surface area (Å²) in [6.07, 6.45) is -0.824. The number of anilines is 1. The number of halogens is 1. The number of benzene rings is 3. The second-order valence-electron chi connectivity index (χ2n) is 7.12. The number of amides is 1. The van der Waals surface area contributed by atoms with Gasteiger partial charge in [-0.25, -0.2) is 0 Å². The van der Waals surface area contributed by atoms with Gasteiger partial charge in [-0.05, 0) is 42.8 Å². The highest BCUT2D eigenvalue weighted by Crippen LogP contribution is 2.45. The fourth-order valence-corrected chi connectivity index (χ4v) is 3.94. The Morgan fingerprint density at radius 1 is 1.03 bits per heavy atom. The van der Waals surface area contributed by atoms with Gasteiger partial charge in [0.2, 0.25) is 6.10 Å². The molecule has 4 rings (SSSR count). The Labute approximate surface area is 183 Å². The molecule has 31 heavy (non-hydrogen) atoms. The first-order valence-electron chi connectivity index (χ1n) is 9.54. The van der Waals surface area contributed by atoms with Gasteiger partial charge in [0.1, 0.15) is 17.5 Å². The van der Waals surface area contributed by atoms with Crippen LogP contribution in [0.25, 0.3) is 0 Å². The molecule has 3 aromatic carbocycles. The third-order valence-corrected chi connectivity index (χ3v) is 5.45. The van der Waals surface area contributed by atoms with E-state index >= 15 is 0 Å². The second kappa shape index (κ2) is 8.28. The number of carbonyl (C=O) groups excluding carboxylic acids is 1. The van der Waals surface area contributed by atoms with E-state index in [2.05, 4.69) is 0 Å². The van der Waals surface area contributed by atoms with E-state index in [1.807, 2.05) is 25.1 Å². The summed E-state index contributed by atoms with van der Waals surface area (Å²) in [4.78, 5) is 25.4. The zero-order valence-electron chi connectivity index (χ0n) is 16.8. The van der Waals surface area contributed by atoms with Gasteiger partial charge in [0.25, 0.3) is 11.6 Å². The maximum absolute atomic E-state index is 13.2. The number of non-ortho nitro benzene ring substituents is 1. The van der Waals surface area contributed by atoms with Crippen LogP contribution in [0.5, 0.6) is 11.5 Å². The van der Waals surface area contributed by atoms with Crippen molar-refractivity contribution in [3.63, 3.8) is 0 Å². The Morgan fingerprint density at radius 3 is 2.52 bits per heavy atom. The molecule has 7 nitrogen and oxygen atoms in total. The maximum atomic E-state index is 13.2.